The Morgan fingerprint density at radius 1 is 0.935 bits per heavy atom. The summed E-state index contributed by atoms with van der Waals surface area (Å²) in [7, 11) is 2.15. The van der Waals surface area contributed by atoms with Gasteiger partial charge in [0.1, 0.15) is 5.60 Å². The van der Waals surface area contributed by atoms with E-state index in [4.69, 9.17) is 4.74 Å². The van der Waals surface area contributed by atoms with Crippen molar-refractivity contribution < 1.29 is 14.3 Å². The number of rotatable bonds is 3. The third kappa shape index (κ3) is 5.21. The average Bonchev–Trinajstić information content (AvgIpc) is 3.27. The van der Waals surface area contributed by atoms with Crippen molar-refractivity contribution in [1.29, 1.82) is 0 Å². The number of hydrogen-bond acceptors (Lipinski definition) is 5. The maximum Gasteiger partial charge on any atom is 0.410 e. The predicted molar refractivity (Wildman–Crippen MR) is 121 cm³/mol. The van der Waals surface area contributed by atoms with E-state index in [-0.39, 0.29) is 12.0 Å². The summed E-state index contributed by atoms with van der Waals surface area (Å²) in [6, 6.07) is 8.39. The molecule has 0 saturated carbocycles. The molecule has 0 spiro atoms. The lowest BCUT2D eigenvalue weighted by Crippen LogP contribution is -2.44. The molecule has 7 heteroatoms. The summed E-state index contributed by atoms with van der Waals surface area (Å²) in [5.41, 5.74) is 4.14. The van der Waals surface area contributed by atoms with Crippen LogP contribution in [0.2, 0.25) is 0 Å². The van der Waals surface area contributed by atoms with Crippen molar-refractivity contribution in [2.45, 2.75) is 32.8 Å². The van der Waals surface area contributed by atoms with E-state index >= 15 is 0 Å². The molecule has 0 aromatic heterocycles. The number of benzene rings is 1. The second-order valence-electron chi connectivity index (χ2n) is 9.93. The molecule has 0 N–H and O–H groups in total. The summed E-state index contributed by atoms with van der Waals surface area (Å²) in [5, 5.41) is 0. The first-order valence-electron chi connectivity index (χ1n) is 11.2. The van der Waals surface area contributed by atoms with Gasteiger partial charge in [-0.1, -0.05) is 12.1 Å². The molecule has 31 heavy (non-hydrogen) atoms. The number of likely N-dealkylation sites (N-methyl/N-ethyl adjacent to an activating group) is 1. The van der Waals surface area contributed by atoms with E-state index in [1.165, 1.54) is 16.8 Å². The van der Waals surface area contributed by atoms with Crippen LogP contribution in [0.25, 0.3) is 0 Å². The molecule has 0 radical (unpaired) electrons. The summed E-state index contributed by atoms with van der Waals surface area (Å²) in [5.74, 6) is 0.147. The van der Waals surface area contributed by atoms with Gasteiger partial charge >= 0.3 is 6.09 Å². The van der Waals surface area contributed by atoms with Gasteiger partial charge in [0.25, 0.3) is 0 Å². The SMILES string of the molecule is CN1CCN(c2cccc(CC(=O)N3CC4=C(C3)CN(C(=O)OC(C)(C)C)C4)c2)CC1. The number of anilines is 1. The van der Waals surface area contributed by atoms with E-state index in [2.05, 4.69) is 35.0 Å². The summed E-state index contributed by atoms with van der Waals surface area (Å²) < 4.78 is 5.48. The fraction of sp³-hybridized carbons (Fsp3) is 0.583. The number of carbonyl (C=O) groups is 2. The first kappa shape index (κ1) is 21.7. The molecule has 1 aromatic carbocycles. The molecular weight excluding hydrogens is 392 g/mol. The summed E-state index contributed by atoms with van der Waals surface area (Å²) in [4.78, 5) is 33.7. The van der Waals surface area contributed by atoms with Gasteiger partial charge in [-0.05, 0) is 56.7 Å². The lowest BCUT2D eigenvalue weighted by atomic mass is 10.1. The fourth-order valence-electron chi connectivity index (χ4n) is 4.43. The highest BCUT2D eigenvalue weighted by molar-refractivity contribution is 5.81. The van der Waals surface area contributed by atoms with E-state index in [1.54, 1.807) is 4.90 Å². The van der Waals surface area contributed by atoms with Crippen LogP contribution in [0.15, 0.2) is 35.4 Å². The minimum absolute atomic E-state index is 0.147. The zero-order valence-electron chi connectivity index (χ0n) is 19.2. The molecule has 3 aliphatic heterocycles. The van der Waals surface area contributed by atoms with Crippen molar-refractivity contribution in [2.75, 3.05) is 64.3 Å². The van der Waals surface area contributed by atoms with E-state index in [9.17, 15) is 9.59 Å². The van der Waals surface area contributed by atoms with E-state index < -0.39 is 5.60 Å². The second kappa shape index (κ2) is 8.54. The van der Waals surface area contributed by atoms with Gasteiger partial charge in [-0.25, -0.2) is 4.79 Å². The van der Waals surface area contributed by atoms with E-state index in [1.807, 2.05) is 31.7 Å². The van der Waals surface area contributed by atoms with E-state index in [0.717, 1.165) is 31.7 Å². The maximum atomic E-state index is 13.0. The zero-order chi connectivity index (χ0) is 22.2. The van der Waals surface area contributed by atoms with Gasteiger partial charge in [-0.2, -0.15) is 0 Å². The molecule has 7 nitrogen and oxygen atoms in total. The van der Waals surface area contributed by atoms with Gasteiger partial charge in [-0.15, -0.1) is 0 Å². The van der Waals surface area contributed by atoms with Crippen LogP contribution in [-0.4, -0.2) is 91.7 Å². The van der Waals surface area contributed by atoms with Gasteiger partial charge in [-0.3, -0.25) is 4.79 Å². The standard InChI is InChI=1S/C24H34N4O3/c1-24(2,3)31-23(30)28-16-19-14-27(15-20(19)17-28)22(29)13-18-6-5-7-21(12-18)26-10-8-25(4)9-11-26/h5-7,12H,8-11,13-17H2,1-4H3. The van der Waals surface area contributed by atoms with Crippen LogP contribution in [0.3, 0.4) is 0 Å². The number of hydrogen-bond donors (Lipinski definition) is 0. The van der Waals surface area contributed by atoms with Crippen LogP contribution < -0.4 is 4.90 Å². The lowest BCUT2D eigenvalue weighted by Gasteiger charge is -2.34. The molecule has 4 rings (SSSR count). The van der Waals surface area contributed by atoms with Crippen LogP contribution in [-0.2, 0) is 16.0 Å². The van der Waals surface area contributed by atoms with Crippen molar-refractivity contribution in [3.63, 3.8) is 0 Å². The third-order valence-electron chi connectivity index (χ3n) is 6.17. The highest BCUT2D eigenvalue weighted by Gasteiger charge is 2.35. The van der Waals surface area contributed by atoms with Crippen LogP contribution in [0.5, 0.6) is 0 Å². The fourth-order valence-corrected chi connectivity index (χ4v) is 4.43. The molecule has 0 bridgehead atoms. The number of ether oxygens (including phenoxy) is 1. The van der Waals surface area contributed by atoms with Crippen molar-refractivity contribution in [3.8, 4) is 0 Å². The quantitative estimate of drug-likeness (QED) is 0.695. The van der Waals surface area contributed by atoms with E-state index in [0.29, 0.717) is 32.6 Å². The summed E-state index contributed by atoms with van der Waals surface area (Å²) in [6.45, 7) is 12.2. The lowest BCUT2D eigenvalue weighted by molar-refractivity contribution is -0.129. The van der Waals surface area contributed by atoms with Crippen molar-refractivity contribution in [3.05, 3.63) is 41.0 Å². The average molecular weight is 427 g/mol. The highest BCUT2D eigenvalue weighted by atomic mass is 16.6. The Balaban J connectivity index is 1.30. The Morgan fingerprint density at radius 3 is 2.16 bits per heavy atom. The van der Waals surface area contributed by atoms with Crippen molar-refractivity contribution in [2.24, 2.45) is 0 Å². The zero-order valence-corrected chi connectivity index (χ0v) is 19.2. The summed E-state index contributed by atoms with van der Waals surface area (Å²) >= 11 is 0. The van der Waals surface area contributed by atoms with Crippen LogP contribution in [0.1, 0.15) is 26.3 Å². The Kier molecular flexibility index (Phi) is 5.97. The Labute approximate surface area is 185 Å². The molecular formula is C24H34N4O3. The topological polar surface area (TPSA) is 56.3 Å². The smallest absolute Gasteiger partial charge is 0.410 e. The summed E-state index contributed by atoms with van der Waals surface area (Å²) in [6.07, 6.45) is 0.137. The molecule has 0 unspecified atom stereocenters. The molecule has 3 aliphatic rings. The monoisotopic (exact) mass is 426 g/mol. The number of nitrogens with zero attached hydrogens (tertiary/aromatic N) is 4. The molecule has 0 atom stereocenters. The molecule has 2 amide bonds. The Hall–Kier alpha value is -2.54. The van der Waals surface area contributed by atoms with Gasteiger partial charge in [0.15, 0.2) is 0 Å². The molecule has 1 aromatic rings. The normalized spacial score (nSPS) is 19.8. The van der Waals surface area contributed by atoms with Crippen molar-refractivity contribution in [1.82, 2.24) is 14.7 Å². The largest absolute Gasteiger partial charge is 0.444 e. The van der Waals surface area contributed by atoms with Crippen LogP contribution in [0.4, 0.5) is 10.5 Å². The third-order valence-corrected chi connectivity index (χ3v) is 6.17. The molecule has 0 aliphatic carbocycles. The highest BCUT2D eigenvalue weighted by Crippen LogP contribution is 2.27. The molecule has 168 valence electrons. The molecule has 3 heterocycles. The molecule has 1 saturated heterocycles. The van der Waals surface area contributed by atoms with Crippen LogP contribution in [0, 0.1) is 0 Å². The van der Waals surface area contributed by atoms with Gasteiger partial charge < -0.3 is 24.3 Å². The Morgan fingerprint density at radius 2 is 1.55 bits per heavy atom. The predicted octanol–water partition coefficient (Wildman–Crippen LogP) is 2.37. The van der Waals surface area contributed by atoms with Gasteiger partial charge in [0.2, 0.25) is 5.91 Å². The minimum atomic E-state index is -0.495. The van der Waals surface area contributed by atoms with Gasteiger partial charge in [0, 0.05) is 58.0 Å². The van der Waals surface area contributed by atoms with Crippen molar-refractivity contribution >= 4 is 17.7 Å². The first-order chi connectivity index (χ1) is 14.7. The minimum Gasteiger partial charge on any atom is -0.444 e. The Bertz CT molecular complexity index is 863. The van der Waals surface area contributed by atoms with Crippen LogP contribution >= 0.6 is 0 Å². The first-order valence-corrected chi connectivity index (χ1v) is 11.2. The molecule has 1 fully saturated rings. The second-order valence-corrected chi connectivity index (χ2v) is 9.93. The number of piperazine rings is 1. The maximum absolute atomic E-state index is 13.0. The number of amides is 2. The van der Waals surface area contributed by atoms with Gasteiger partial charge in [0.05, 0.1) is 6.42 Å². The number of carbonyl (C=O) groups excluding carboxylic acids is 2.